The van der Waals surface area contributed by atoms with Gasteiger partial charge in [0, 0.05) is 12.1 Å². The lowest BCUT2D eigenvalue weighted by atomic mass is 10.2. The number of hydrogen-bond donors (Lipinski definition) is 3. The Morgan fingerprint density at radius 3 is 2.31 bits per heavy atom. The smallest absolute Gasteiger partial charge is 0.337 e. The molecule has 0 aliphatic rings. The predicted octanol–water partition coefficient (Wildman–Crippen LogP) is 3.76. The Labute approximate surface area is 172 Å². The number of thiocarbonyl (C=S) groups is 1. The number of halogens is 3. The van der Waals surface area contributed by atoms with Crippen molar-refractivity contribution >= 4 is 69.7 Å². The summed E-state index contributed by atoms with van der Waals surface area (Å²) in [6, 6.07) is 6.44. The molecule has 1 atom stereocenters. The largest absolute Gasteiger partial charge is 0.465 e. The first kappa shape index (κ1) is 22.8. The van der Waals surface area contributed by atoms with Crippen LogP contribution in [0.2, 0.25) is 0 Å². The van der Waals surface area contributed by atoms with Gasteiger partial charge in [0.2, 0.25) is 9.70 Å². The van der Waals surface area contributed by atoms with Crippen molar-refractivity contribution in [2.75, 3.05) is 12.4 Å². The van der Waals surface area contributed by atoms with Crippen molar-refractivity contribution in [3.8, 4) is 0 Å². The Morgan fingerprint density at radius 2 is 1.81 bits per heavy atom. The van der Waals surface area contributed by atoms with E-state index < -0.39 is 15.9 Å². The number of alkyl halides is 3. The number of rotatable bonds is 7. The van der Waals surface area contributed by atoms with Gasteiger partial charge >= 0.3 is 5.97 Å². The Kier molecular flexibility index (Phi) is 9.43. The first-order valence-electron chi connectivity index (χ1n) is 7.79. The van der Waals surface area contributed by atoms with Crippen LogP contribution in [0.15, 0.2) is 24.3 Å². The van der Waals surface area contributed by atoms with Crippen LogP contribution in [-0.2, 0) is 9.53 Å². The van der Waals surface area contributed by atoms with Crippen LogP contribution in [0, 0.1) is 0 Å². The van der Waals surface area contributed by atoms with Gasteiger partial charge in [-0.2, -0.15) is 0 Å². The summed E-state index contributed by atoms with van der Waals surface area (Å²) in [5, 5.41) is 8.40. The van der Waals surface area contributed by atoms with Gasteiger partial charge in [-0.25, -0.2) is 4.79 Å². The van der Waals surface area contributed by atoms with Crippen LogP contribution in [0.3, 0.4) is 0 Å². The maximum Gasteiger partial charge on any atom is 0.337 e. The summed E-state index contributed by atoms with van der Waals surface area (Å²) in [5.74, 6) is -0.691. The normalized spacial score (nSPS) is 12.0. The number of amides is 1. The lowest BCUT2D eigenvalue weighted by Gasteiger charge is -2.27. The monoisotopic (exact) mass is 439 g/mol. The van der Waals surface area contributed by atoms with Gasteiger partial charge in [-0.05, 0) is 42.9 Å². The van der Waals surface area contributed by atoms with Crippen LogP contribution < -0.4 is 16.0 Å². The van der Waals surface area contributed by atoms with Crippen LogP contribution in [0.25, 0.3) is 0 Å². The molecule has 0 aliphatic carbocycles. The maximum absolute atomic E-state index is 11.9. The van der Waals surface area contributed by atoms with E-state index >= 15 is 0 Å². The lowest BCUT2D eigenvalue weighted by Crippen LogP contribution is -2.56. The SMILES string of the molecule is CCCCC(=O)N[C@H](NC(=S)Nc1ccc(C(=O)OC)cc1)C(Cl)(Cl)Cl. The van der Waals surface area contributed by atoms with E-state index in [1.54, 1.807) is 24.3 Å². The summed E-state index contributed by atoms with van der Waals surface area (Å²) in [6.07, 6.45) is 0.921. The fourth-order valence-electron chi connectivity index (χ4n) is 1.88. The number of carbonyl (C=O) groups excluding carboxylic acids is 2. The predicted molar refractivity (Wildman–Crippen MR) is 109 cm³/mol. The Bertz CT molecular complexity index is 636. The molecule has 1 rings (SSSR count). The van der Waals surface area contributed by atoms with E-state index in [1.807, 2.05) is 6.92 Å². The second kappa shape index (κ2) is 10.8. The average Bonchev–Trinajstić information content (AvgIpc) is 2.58. The molecule has 0 saturated carbocycles. The van der Waals surface area contributed by atoms with Gasteiger partial charge < -0.3 is 20.7 Å². The number of esters is 1. The molecule has 0 heterocycles. The van der Waals surface area contributed by atoms with Gasteiger partial charge in [0.05, 0.1) is 12.7 Å². The fourth-order valence-corrected chi connectivity index (χ4v) is 2.44. The summed E-state index contributed by atoms with van der Waals surface area (Å²) >= 11 is 22.9. The molecule has 0 saturated heterocycles. The number of unbranched alkanes of at least 4 members (excludes halogenated alkanes) is 1. The third-order valence-electron chi connectivity index (χ3n) is 3.23. The quantitative estimate of drug-likeness (QED) is 0.259. The number of hydrogen-bond acceptors (Lipinski definition) is 4. The van der Waals surface area contributed by atoms with Gasteiger partial charge in [0.15, 0.2) is 5.11 Å². The van der Waals surface area contributed by atoms with Gasteiger partial charge in [-0.15, -0.1) is 0 Å². The number of carbonyl (C=O) groups is 2. The molecule has 1 aromatic rings. The molecular weight excluding hydrogens is 421 g/mol. The molecule has 1 amide bonds. The third-order valence-corrected chi connectivity index (χ3v) is 4.10. The topological polar surface area (TPSA) is 79.5 Å². The van der Waals surface area contributed by atoms with Crippen LogP contribution in [0.5, 0.6) is 0 Å². The molecule has 10 heteroatoms. The minimum Gasteiger partial charge on any atom is -0.465 e. The molecule has 0 aromatic heterocycles. The minimum absolute atomic E-state index is 0.142. The first-order valence-corrected chi connectivity index (χ1v) is 9.33. The van der Waals surface area contributed by atoms with Gasteiger partial charge in [0.1, 0.15) is 6.17 Å². The summed E-state index contributed by atoms with van der Waals surface area (Å²) < 4.78 is 2.83. The molecule has 0 unspecified atom stereocenters. The summed E-state index contributed by atoms with van der Waals surface area (Å²) in [6.45, 7) is 1.97. The Balaban J connectivity index is 2.68. The van der Waals surface area contributed by atoms with Crippen molar-refractivity contribution in [3.05, 3.63) is 29.8 Å². The summed E-state index contributed by atoms with van der Waals surface area (Å²) in [4.78, 5) is 23.3. The number of anilines is 1. The van der Waals surface area contributed by atoms with Crippen molar-refractivity contribution in [1.82, 2.24) is 10.6 Å². The van der Waals surface area contributed by atoms with Gasteiger partial charge in [-0.1, -0.05) is 48.1 Å². The second-order valence-corrected chi connectivity index (χ2v) is 8.09. The minimum atomic E-state index is -1.80. The molecule has 26 heavy (non-hydrogen) atoms. The standard InChI is InChI=1S/C16H20Cl3N3O3S/c1-3-4-5-12(23)21-14(16(17,18)19)22-15(26)20-11-8-6-10(7-9-11)13(24)25-2/h6-9,14H,3-5H2,1-2H3,(H,21,23)(H2,20,22,26)/t14-/m1/s1. The molecule has 0 spiro atoms. The molecule has 144 valence electrons. The molecule has 0 radical (unpaired) electrons. The zero-order valence-corrected chi connectivity index (χ0v) is 17.4. The zero-order chi connectivity index (χ0) is 19.7. The van der Waals surface area contributed by atoms with Crippen molar-refractivity contribution in [2.45, 2.75) is 36.1 Å². The highest BCUT2D eigenvalue weighted by Crippen LogP contribution is 2.29. The molecule has 0 bridgehead atoms. The summed E-state index contributed by atoms with van der Waals surface area (Å²) in [7, 11) is 1.30. The van der Waals surface area contributed by atoms with E-state index in [0.29, 0.717) is 17.7 Å². The highest BCUT2D eigenvalue weighted by atomic mass is 35.6. The zero-order valence-electron chi connectivity index (χ0n) is 14.3. The van der Waals surface area contributed by atoms with Gasteiger partial charge in [-0.3, -0.25) is 4.79 Å². The molecular formula is C16H20Cl3N3O3S. The lowest BCUT2D eigenvalue weighted by molar-refractivity contribution is -0.122. The van der Waals surface area contributed by atoms with E-state index in [-0.39, 0.29) is 11.0 Å². The van der Waals surface area contributed by atoms with Crippen LogP contribution >= 0.6 is 47.0 Å². The van der Waals surface area contributed by atoms with E-state index in [1.165, 1.54) is 7.11 Å². The number of methoxy groups -OCH3 is 1. The molecule has 0 fully saturated rings. The molecule has 0 aliphatic heterocycles. The Morgan fingerprint density at radius 1 is 1.19 bits per heavy atom. The second-order valence-electron chi connectivity index (χ2n) is 5.31. The maximum atomic E-state index is 11.9. The number of nitrogens with one attached hydrogen (secondary N) is 3. The van der Waals surface area contributed by atoms with E-state index in [0.717, 1.165) is 12.8 Å². The molecule has 3 N–H and O–H groups in total. The van der Waals surface area contributed by atoms with Crippen molar-refractivity contribution in [1.29, 1.82) is 0 Å². The highest BCUT2D eigenvalue weighted by Gasteiger charge is 2.34. The van der Waals surface area contributed by atoms with E-state index in [9.17, 15) is 9.59 Å². The number of benzene rings is 1. The van der Waals surface area contributed by atoms with Crippen LogP contribution in [-0.4, -0.2) is 34.1 Å². The fraction of sp³-hybridized carbons (Fsp3) is 0.438. The highest BCUT2D eigenvalue weighted by molar-refractivity contribution is 7.80. The van der Waals surface area contributed by atoms with Crippen LogP contribution in [0.1, 0.15) is 36.5 Å². The number of ether oxygens (including phenoxy) is 1. The molecule has 1 aromatic carbocycles. The third kappa shape index (κ3) is 7.95. The molecule has 6 nitrogen and oxygen atoms in total. The van der Waals surface area contributed by atoms with E-state index in [2.05, 4.69) is 20.7 Å². The summed E-state index contributed by atoms with van der Waals surface area (Å²) in [5.41, 5.74) is 1.01. The first-order chi connectivity index (χ1) is 12.2. The van der Waals surface area contributed by atoms with E-state index in [4.69, 9.17) is 47.0 Å². The Hall–Kier alpha value is -1.28. The van der Waals surface area contributed by atoms with Crippen molar-refractivity contribution in [3.63, 3.8) is 0 Å². The van der Waals surface area contributed by atoms with Crippen molar-refractivity contribution in [2.24, 2.45) is 0 Å². The van der Waals surface area contributed by atoms with Gasteiger partial charge in [0.25, 0.3) is 0 Å². The average molecular weight is 441 g/mol. The van der Waals surface area contributed by atoms with Crippen molar-refractivity contribution < 1.29 is 14.3 Å². The van der Waals surface area contributed by atoms with Crippen LogP contribution in [0.4, 0.5) is 5.69 Å².